The second kappa shape index (κ2) is 4.69. The first-order valence-electron chi connectivity index (χ1n) is 4.59. The number of anilines is 1. The third kappa shape index (κ3) is 2.63. The molecule has 1 aromatic rings. The first-order chi connectivity index (χ1) is 7.84. The number of hydrogen-bond acceptors (Lipinski definition) is 4. The minimum Gasteiger partial charge on any atom is -0.274 e. The number of hydrogen-bond donors (Lipinski definition) is 0. The fraction of sp³-hybridized carbons (Fsp3) is 0.200. The van der Waals surface area contributed by atoms with Crippen molar-refractivity contribution in [1.82, 2.24) is 0 Å². The average Bonchev–Trinajstić information content (AvgIpc) is 2.15. The van der Waals surface area contributed by atoms with Gasteiger partial charge in [-0.15, -0.1) is 0 Å². The van der Waals surface area contributed by atoms with E-state index in [1.165, 1.54) is 0 Å². The van der Waals surface area contributed by atoms with E-state index in [0.29, 0.717) is 4.90 Å². The van der Waals surface area contributed by atoms with Crippen LogP contribution in [0, 0.1) is 15.9 Å². The van der Waals surface area contributed by atoms with Crippen LogP contribution in [0.1, 0.15) is 13.8 Å². The van der Waals surface area contributed by atoms with E-state index in [1.807, 2.05) is 0 Å². The van der Waals surface area contributed by atoms with E-state index in [2.05, 4.69) is 0 Å². The quantitative estimate of drug-likeness (QED) is 0.581. The second-order valence-electron chi connectivity index (χ2n) is 3.26. The van der Waals surface area contributed by atoms with Gasteiger partial charge >= 0.3 is 0 Å². The lowest BCUT2D eigenvalue weighted by Crippen LogP contribution is -2.33. The predicted molar refractivity (Wildman–Crippen MR) is 56.9 cm³/mol. The summed E-state index contributed by atoms with van der Waals surface area (Å²) >= 11 is 0. The molecule has 0 spiro atoms. The molecule has 0 saturated carbocycles. The zero-order valence-electron chi connectivity index (χ0n) is 9.14. The average molecular weight is 240 g/mol. The Bertz CT molecular complexity index is 487. The molecule has 0 N–H and O–H groups in total. The predicted octanol–water partition coefficient (Wildman–Crippen LogP) is 1.63. The Labute approximate surface area is 95.8 Å². The first-order valence-corrected chi connectivity index (χ1v) is 4.59. The Morgan fingerprint density at radius 1 is 1.29 bits per heavy atom. The number of nitro benzene ring substituents is 1. The highest BCUT2D eigenvalue weighted by atomic mass is 19.1. The molecule has 0 atom stereocenters. The van der Waals surface area contributed by atoms with Gasteiger partial charge in [-0.2, -0.15) is 0 Å². The summed E-state index contributed by atoms with van der Waals surface area (Å²) < 4.78 is 13.0. The molecule has 0 heterocycles. The maximum absolute atomic E-state index is 13.0. The highest BCUT2D eigenvalue weighted by Crippen LogP contribution is 2.29. The minimum atomic E-state index is -0.784. The van der Waals surface area contributed by atoms with Crippen molar-refractivity contribution in [2.75, 3.05) is 4.90 Å². The molecule has 0 saturated heterocycles. The molecule has 1 rings (SSSR count). The van der Waals surface area contributed by atoms with E-state index in [-0.39, 0.29) is 5.69 Å². The van der Waals surface area contributed by atoms with E-state index in [0.717, 1.165) is 32.0 Å². The van der Waals surface area contributed by atoms with E-state index >= 15 is 0 Å². The van der Waals surface area contributed by atoms with E-state index in [1.54, 1.807) is 0 Å². The van der Waals surface area contributed by atoms with Gasteiger partial charge < -0.3 is 0 Å². The number of nitrogens with zero attached hydrogens (tertiary/aromatic N) is 2. The molecule has 0 fully saturated rings. The SMILES string of the molecule is CC(=O)N(C(C)=O)c1cc(F)ccc1[N+](=O)[O-]. The van der Waals surface area contributed by atoms with Crippen LogP contribution in [0.3, 0.4) is 0 Å². The molecule has 6 nitrogen and oxygen atoms in total. The van der Waals surface area contributed by atoms with Crippen LogP contribution in [0.25, 0.3) is 0 Å². The molecule has 1 aromatic carbocycles. The monoisotopic (exact) mass is 240 g/mol. The van der Waals surface area contributed by atoms with Crippen LogP contribution in [-0.4, -0.2) is 16.7 Å². The molecule has 0 aliphatic carbocycles. The Kier molecular flexibility index (Phi) is 3.52. The molecule has 0 aliphatic rings. The summed E-state index contributed by atoms with van der Waals surface area (Å²) in [6, 6.07) is 2.57. The maximum Gasteiger partial charge on any atom is 0.293 e. The highest BCUT2D eigenvalue weighted by molar-refractivity contribution is 6.14. The fourth-order valence-corrected chi connectivity index (χ4v) is 1.39. The number of carbonyl (C=O) groups is 2. The summed E-state index contributed by atoms with van der Waals surface area (Å²) in [5.41, 5.74) is -0.869. The lowest BCUT2D eigenvalue weighted by atomic mass is 10.2. The zero-order valence-corrected chi connectivity index (χ0v) is 9.14. The molecule has 0 bridgehead atoms. The summed E-state index contributed by atoms with van der Waals surface area (Å²) in [6.07, 6.45) is 0. The van der Waals surface area contributed by atoms with Gasteiger partial charge in [0.05, 0.1) is 4.92 Å². The number of nitro groups is 1. The Hall–Kier alpha value is -2.31. The van der Waals surface area contributed by atoms with Crippen molar-refractivity contribution >= 4 is 23.2 Å². The highest BCUT2D eigenvalue weighted by Gasteiger charge is 2.25. The third-order valence-corrected chi connectivity index (χ3v) is 2.00. The Balaban J connectivity index is 3.45. The van der Waals surface area contributed by atoms with Crippen molar-refractivity contribution in [3.63, 3.8) is 0 Å². The molecule has 17 heavy (non-hydrogen) atoms. The van der Waals surface area contributed by atoms with Crippen molar-refractivity contribution < 1.29 is 18.9 Å². The summed E-state index contributed by atoms with van der Waals surface area (Å²) in [5.74, 6) is -2.20. The molecule has 0 unspecified atom stereocenters. The second-order valence-corrected chi connectivity index (χ2v) is 3.26. The summed E-state index contributed by atoms with van der Waals surface area (Å²) in [5, 5.41) is 10.7. The van der Waals surface area contributed by atoms with Crippen LogP contribution in [0.5, 0.6) is 0 Å². The molecule has 7 heteroatoms. The number of halogens is 1. The Morgan fingerprint density at radius 2 is 1.82 bits per heavy atom. The van der Waals surface area contributed by atoms with Gasteiger partial charge in [-0.1, -0.05) is 0 Å². The van der Waals surface area contributed by atoms with Crippen LogP contribution in [0.2, 0.25) is 0 Å². The van der Waals surface area contributed by atoms with Gasteiger partial charge in [-0.3, -0.25) is 19.7 Å². The summed E-state index contributed by atoms with van der Waals surface area (Å²) in [6.45, 7) is 2.13. The summed E-state index contributed by atoms with van der Waals surface area (Å²) in [7, 11) is 0. The molecule has 2 amide bonds. The van der Waals surface area contributed by atoms with Crippen molar-refractivity contribution in [2.24, 2.45) is 0 Å². The zero-order chi connectivity index (χ0) is 13.2. The third-order valence-electron chi connectivity index (χ3n) is 2.00. The number of benzene rings is 1. The molecule has 90 valence electrons. The van der Waals surface area contributed by atoms with Gasteiger partial charge in [0.15, 0.2) is 0 Å². The minimum absolute atomic E-state index is 0.366. The number of imide groups is 1. The number of rotatable bonds is 2. The normalized spacial score (nSPS) is 9.82. The van der Waals surface area contributed by atoms with Crippen LogP contribution in [-0.2, 0) is 9.59 Å². The van der Waals surface area contributed by atoms with Crippen LogP contribution < -0.4 is 4.90 Å². The number of amides is 2. The lowest BCUT2D eigenvalue weighted by molar-refractivity contribution is -0.384. The number of carbonyl (C=O) groups excluding carboxylic acids is 2. The summed E-state index contributed by atoms with van der Waals surface area (Å²) in [4.78, 5) is 33.0. The molecule has 0 radical (unpaired) electrons. The van der Waals surface area contributed by atoms with Gasteiger partial charge in [0.25, 0.3) is 5.69 Å². The molecular weight excluding hydrogens is 231 g/mol. The largest absolute Gasteiger partial charge is 0.293 e. The maximum atomic E-state index is 13.0. The Morgan fingerprint density at radius 3 is 2.24 bits per heavy atom. The van der Waals surface area contributed by atoms with Gasteiger partial charge in [0.1, 0.15) is 11.5 Å². The van der Waals surface area contributed by atoms with Crippen molar-refractivity contribution in [2.45, 2.75) is 13.8 Å². The first kappa shape index (κ1) is 12.8. The van der Waals surface area contributed by atoms with E-state index in [9.17, 15) is 24.1 Å². The van der Waals surface area contributed by atoms with Gasteiger partial charge in [-0.05, 0) is 6.07 Å². The van der Waals surface area contributed by atoms with E-state index < -0.39 is 28.2 Å². The lowest BCUT2D eigenvalue weighted by Gasteiger charge is -2.16. The fourth-order valence-electron chi connectivity index (χ4n) is 1.39. The molecule has 0 aliphatic heterocycles. The topological polar surface area (TPSA) is 80.5 Å². The van der Waals surface area contributed by atoms with Crippen LogP contribution in [0.15, 0.2) is 18.2 Å². The smallest absolute Gasteiger partial charge is 0.274 e. The van der Waals surface area contributed by atoms with Gasteiger partial charge in [0, 0.05) is 26.0 Å². The van der Waals surface area contributed by atoms with Crippen LogP contribution >= 0.6 is 0 Å². The van der Waals surface area contributed by atoms with Gasteiger partial charge in [-0.25, -0.2) is 9.29 Å². The molecule has 0 aromatic heterocycles. The van der Waals surface area contributed by atoms with Crippen LogP contribution in [0.4, 0.5) is 15.8 Å². The van der Waals surface area contributed by atoms with Crippen molar-refractivity contribution in [3.8, 4) is 0 Å². The van der Waals surface area contributed by atoms with E-state index in [4.69, 9.17) is 0 Å². The standard InChI is InChI=1S/C10H9FN2O4/c1-6(14)12(7(2)15)10-5-8(11)3-4-9(10)13(16)17/h3-5H,1-2H3. The van der Waals surface area contributed by atoms with Crippen molar-refractivity contribution in [1.29, 1.82) is 0 Å². The molecular formula is C10H9FN2O4. The van der Waals surface area contributed by atoms with Gasteiger partial charge in [0.2, 0.25) is 11.8 Å². The van der Waals surface area contributed by atoms with Crippen molar-refractivity contribution in [3.05, 3.63) is 34.1 Å².